The summed E-state index contributed by atoms with van der Waals surface area (Å²) in [5.74, 6) is 1.78. The number of allylic oxidation sites excluding steroid dienone is 1. The number of thioether (sulfide) groups is 1. The van der Waals surface area contributed by atoms with Crippen molar-refractivity contribution >= 4 is 29.3 Å². The van der Waals surface area contributed by atoms with Gasteiger partial charge in [-0.1, -0.05) is 35.5 Å². The van der Waals surface area contributed by atoms with Crippen LogP contribution in [0, 0.1) is 6.92 Å². The number of nitrogens with zero attached hydrogens (tertiary/aromatic N) is 3. The lowest BCUT2D eigenvalue weighted by Crippen LogP contribution is -2.31. The lowest BCUT2D eigenvalue weighted by molar-refractivity contribution is -0.113. The SMILES string of the molecule is CSc1nc2n(n1)C(c1ccc3c(c1)OCCCO3)C(C(=O)Nc1ccc(C)cc1)=C(C)N2. The number of hydrogen-bond donors (Lipinski definition) is 2. The first kappa shape index (κ1) is 21.4. The maximum Gasteiger partial charge on any atom is 0.255 e. The van der Waals surface area contributed by atoms with Crippen LogP contribution in [0.4, 0.5) is 11.6 Å². The highest BCUT2D eigenvalue weighted by Gasteiger charge is 2.35. The smallest absolute Gasteiger partial charge is 0.255 e. The van der Waals surface area contributed by atoms with E-state index in [1.54, 1.807) is 4.68 Å². The third-order valence-electron chi connectivity index (χ3n) is 5.66. The molecule has 2 N–H and O–H groups in total. The van der Waals surface area contributed by atoms with Crippen LogP contribution in [0.25, 0.3) is 0 Å². The van der Waals surface area contributed by atoms with Crippen molar-refractivity contribution in [3.8, 4) is 11.5 Å². The number of amides is 1. The van der Waals surface area contributed by atoms with Crippen molar-refractivity contribution in [3.05, 3.63) is 64.9 Å². The van der Waals surface area contributed by atoms with E-state index in [0.717, 1.165) is 28.9 Å². The fourth-order valence-electron chi connectivity index (χ4n) is 4.01. The molecule has 170 valence electrons. The summed E-state index contributed by atoms with van der Waals surface area (Å²) in [5, 5.41) is 11.6. The van der Waals surface area contributed by atoms with Gasteiger partial charge in [0.2, 0.25) is 11.1 Å². The quantitative estimate of drug-likeness (QED) is 0.554. The van der Waals surface area contributed by atoms with Crippen LogP contribution < -0.4 is 20.1 Å². The van der Waals surface area contributed by atoms with E-state index in [1.165, 1.54) is 11.8 Å². The monoisotopic (exact) mass is 463 g/mol. The van der Waals surface area contributed by atoms with Gasteiger partial charge in [-0.15, -0.1) is 5.10 Å². The average molecular weight is 464 g/mol. The first-order chi connectivity index (χ1) is 16.0. The van der Waals surface area contributed by atoms with Crippen molar-refractivity contribution in [1.82, 2.24) is 14.8 Å². The van der Waals surface area contributed by atoms with Crippen molar-refractivity contribution in [3.63, 3.8) is 0 Å². The van der Waals surface area contributed by atoms with Gasteiger partial charge in [0.15, 0.2) is 11.5 Å². The second kappa shape index (κ2) is 8.82. The third-order valence-corrected chi connectivity index (χ3v) is 6.20. The lowest BCUT2D eigenvalue weighted by Gasteiger charge is -2.29. The molecule has 1 atom stereocenters. The van der Waals surface area contributed by atoms with Gasteiger partial charge < -0.3 is 20.1 Å². The molecule has 0 fully saturated rings. The molecule has 0 bridgehead atoms. The molecule has 0 spiro atoms. The van der Waals surface area contributed by atoms with E-state index in [0.29, 0.717) is 41.4 Å². The average Bonchev–Trinajstić information content (AvgIpc) is 3.07. The van der Waals surface area contributed by atoms with Gasteiger partial charge in [-0.05, 0) is 49.9 Å². The Bertz CT molecular complexity index is 1240. The van der Waals surface area contributed by atoms with Crippen molar-refractivity contribution in [2.45, 2.75) is 31.5 Å². The number of rotatable bonds is 4. The van der Waals surface area contributed by atoms with Gasteiger partial charge in [0.05, 0.1) is 18.8 Å². The number of ether oxygens (including phenoxy) is 2. The molecule has 1 amide bonds. The molecule has 0 saturated heterocycles. The van der Waals surface area contributed by atoms with E-state index in [1.807, 2.05) is 62.6 Å². The molecule has 1 aromatic heterocycles. The van der Waals surface area contributed by atoms with E-state index in [4.69, 9.17) is 9.47 Å². The number of aromatic nitrogens is 3. The summed E-state index contributed by atoms with van der Waals surface area (Å²) in [6, 6.07) is 13.1. The van der Waals surface area contributed by atoms with Crippen LogP contribution in [0.5, 0.6) is 11.5 Å². The maximum atomic E-state index is 13.5. The second-order valence-electron chi connectivity index (χ2n) is 8.01. The predicted molar refractivity (Wildman–Crippen MR) is 128 cm³/mol. The molecule has 0 radical (unpaired) electrons. The van der Waals surface area contributed by atoms with Crippen LogP contribution in [0.1, 0.15) is 30.5 Å². The molecule has 33 heavy (non-hydrogen) atoms. The van der Waals surface area contributed by atoms with Gasteiger partial charge in [-0.2, -0.15) is 4.98 Å². The predicted octanol–water partition coefficient (Wildman–Crippen LogP) is 4.40. The summed E-state index contributed by atoms with van der Waals surface area (Å²) in [4.78, 5) is 18.1. The molecule has 0 saturated carbocycles. The Hall–Kier alpha value is -3.46. The Labute approximate surface area is 196 Å². The largest absolute Gasteiger partial charge is 0.490 e. The summed E-state index contributed by atoms with van der Waals surface area (Å²) >= 11 is 1.45. The molecule has 5 rings (SSSR count). The number of nitrogens with one attached hydrogen (secondary N) is 2. The van der Waals surface area contributed by atoms with Crippen LogP contribution in [-0.2, 0) is 4.79 Å². The Morgan fingerprint density at radius 2 is 1.88 bits per heavy atom. The Morgan fingerprint density at radius 3 is 2.64 bits per heavy atom. The molecule has 2 aliphatic heterocycles. The van der Waals surface area contributed by atoms with Crippen molar-refractivity contribution in [2.24, 2.45) is 0 Å². The van der Waals surface area contributed by atoms with Crippen molar-refractivity contribution in [1.29, 1.82) is 0 Å². The van der Waals surface area contributed by atoms with E-state index in [9.17, 15) is 4.79 Å². The number of fused-ring (bicyclic) bond motifs is 2. The molecular formula is C24H25N5O3S. The second-order valence-corrected chi connectivity index (χ2v) is 8.78. The number of benzene rings is 2. The third kappa shape index (κ3) is 4.16. The Kier molecular flexibility index (Phi) is 5.72. The molecule has 0 aliphatic carbocycles. The van der Waals surface area contributed by atoms with Gasteiger partial charge in [0.25, 0.3) is 5.91 Å². The summed E-state index contributed by atoms with van der Waals surface area (Å²) in [6.07, 6.45) is 2.75. The van der Waals surface area contributed by atoms with Gasteiger partial charge in [0, 0.05) is 17.8 Å². The van der Waals surface area contributed by atoms with Crippen LogP contribution in [-0.4, -0.2) is 40.1 Å². The highest BCUT2D eigenvalue weighted by Crippen LogP contribution is 2.40. The summed E-state index contributed by atoms with van der Waals surface area (Å²) in [5.41, 5.74) is 4.02. The topological polar surface area (TPSA) is 90.3 Å². The number of aryl methyl sites for hydroxylation is 1. The Morgan fingerprint density at radius 1 is 1.12 bits per heavy atom. The first-order valence-corrected chi connectivity index (χ1v) is 12.0. The van der Waals surface area contributed by atoms with Gasteiger partial charge in [-0.3, -0.25) is 4.79 Å². The van der Waals surface area contributed by atoms with E-state index in [-0.39, 0.29) is 5.91 Å². The van der Waals surface area contributed by atoms with Crippen LogP contribution in [0.15, 0.2) is 58.9 Å². The fourth-order valence-corrected chi connectivity index (χ4v) is 4.35. The zero-order valence-corrected chi connectivity index (χ0v) is 19.5. The molecule has 3 heterocycles. The van der Waals surface area contributed by atoms with Crippen LogP contribution in [0.2, 0.25) is 0 Å². The lowest BCUT2D eigenvalue weighted by atomic mass is 9.94. The van der Waals surface area contributed by atoms with Gasteiger partial charge in [-0.25, -0.2) is 4.68 Å². The number of hydrogen-bond acceptors (Lipinski definition) is 7. The van der Waals surface area contributed by atoms with Crippen molar-refractivity contribution < 1.29 is 14.3 Å². The first-order valence-electron chi connectivity index (χ1n) is 10.8. The minimum Gasteiger partial charge on any atom is -0.490 e. The van der Waals surface area contributed by atoms with Crippen LogP contribution >= 0.6 is 11.8 Å². The number of carbonyl (C=O) groups is 1. The zero-order chi connectivity index (χ0) is 22.9. The minimum absolute atomic E-state index is 0.201. The normalized spacial score (nSPS) is 17.1. The molecule has 3 aromatic rings. The van der Waals surface area contributed by atoms with Crippen LogP contribution in [0.3, 0.4) is 0 Å². The minimum atomic E-state index is -0.475. The standard InChI is InChI=1S/C24H25N5O3S/c1-14-5-8-17(9-6-14)26-22(30)20-15(2)25-23-27-24(33-3)28-29(23)21(20)16-7-10-18-19(13-16)32-12-4-11-31-18/h5-10,13,21H,4,11-12H2,1-3H3,(H,26,30)(H,25,27,28). The fraction of sp³-hybridized carbons (Fsp3) is 0.292. The van der Waals surface area contributed by atoms with E-state index < -0.39 is 6.04 Å². The highest BCUT2D eigenvalue weighted by molar-refractivity contribution is 7.98. The summed E-state index contributed by atoms with van der Waals surface area (Å²) < 4.78 is 13.5. The molecule has 2 aromatic carbocycles. The van der Waals surface area contributed by atoms with Gasteiger partial charge >= 0.3 is 0 Å². The maximum absolute atomic E-state index is 13.5. The summed E-state index contributed by atoms with van der Waals surface area (Å²) in [6.45, 7) is 5.10. The zero-order valence-electron chi connectivity index (χ0n) is 18.7. The van der Waals surface area contributed by atoms with E-state index >= 15 is 0 Å². The number of anilines is 2. The van der Waals surface area contributed by atoms with E-state index in [2.05, 4.69) is 20.7 Å². The molecule has 2 aliphatic rings. The number of carbonyl (C=O) groups excluding carboxylic acids is 1. The Balaban J connectivity index is 1.58. The molecule has 9 heteroatoms. The summed E-state index contributed by atoms with van der Waals surface area (Å²) in [7, 11) is 0. The molecular weight excluding hydrogens is 438 g/mol. The molecule has 8 nitrogen and oxygen atoms in total. The van der Waals surface area contributed by atoms with Gasteiger partial charge in [0.1, 0.15) is 6.04 Å². The molecule has 1 unspecified atom stereocenters. The van der Waals surface area contributed by atoms with Crippen molar-refractivity contribution in [2.75, 3.05) is 30.1 Å². The highest BCUT2D eigenvalue weighted by atomic mass is 32.2.